The van der Waals surface area contributed by atoms with Crippen LogP contribution in [-0.2, 0) is 6.61 Å². The molecule has 0 saturated heterocycles. The zero-order chi connectivity index (χ0) is 14.0. The largest absolute Gasteiger partial charge is 0.483 e. The first-order valence-corrected chi connectivity index (χ1v) is 6.14. The quantitative estimate of drug-likeness (QED) is 0.920. The van der Waals surface area contributed by atoms with Crippen LogP contribution >= 0.6 is 23.2 Å². The number of furan rings is 1. The van der Waals surface area contributed by atoms with E-state index in [0.29, 0.717) is 27.3 Å². The molecule has 0 radical (unpaired) electrons. The lowest BCUT2D eigenvalue weighted by atomic mass is 10.2. The molecule has 4 nitrogen and oxygen atoms in total. The zero-order valence-corrected chi connectivity index (χ0v) is 11.5. The fourth-order valence-corrected chi connectivity index (χ4v) is 2.10. The fraction of sp³-hybridized carbons (Fsp3) is 0.154. The molecule has 1 aromatic heterocycles. The van der Waals surface area contributed by atoms with Crippen molar-refractivity contribution in [1.29, 1.82) is 0 Å². The molecule has 19 heavy (non-hydrogen) atoms. The third-order valence-electron chi connectivity index (χ3n) is 2.48. The first-order valence-electron chi connectivity index (χ1n) is 5.38. The number of carboxylic acids is 1. The summed E-state index contributed by atoms with van der Waals surface area (Å²) in [5, 5.41) is 9.68. The molecule has 6 heteroatoms. The molecule has 0 saturated carbocycles. The average Bonchev–Trinajstić information content (AvgIpc) is 2.70. The predicted octanol–water partition coefficient (Wildman–Crippen LogP) is 4.17. The molecular weight excluding hydrogens is 291 g/mol. The molecule has 0 aliphatic heterocycles. The van der Waals surface area contributed by atoms with E-state index in [1.807, 2.05) is 0 Å². The lowest BCUT2D eigenvalue weighted by Crippen LogP contribution is -1.96. The monoisotopic (exact) mass is 300 g/mol. The summed E-state index contributed by atoms with van der Waals surface area (Å²) in [5.41, 5.74) is 0.115. The van der Waals surface area contributed by atoms with E-state index in [1.165, 1.54) is 6.07 Å². The Balaban J connectivity index is 2.15. The zero-order valence-electron chi connectivity index (χ0n) is 9.94. The Morgan fingerprint density at radius 3 is 2.53 bits per heavy atom. The molecule has 1 N–H and O–H groups in total. The smallest absolute Gasteiger partial charge is 0.339 e. The Hall–Kier alpha value is -1.65. The van der Waals surface area contributed by atoms with Crippen LogP contribution in [0.5, 0.6) is 5.75 Å². The molecule has 1 heterocycles. The average molecular weight is 301 g/mol. The van der Waals surface area contributed by atoms with Gasteiger partial charge in [0.05, 0.1) is 10.0 Å². The van der Waals surface area contributed by atoms with Gasteiger partial charge in [-0.05, 0) is 25.1 Å². The van der Waals surface area contributed by atoms with E-state index >= 15 is 0 Å². The molecule has 0 unspecified atom stereocenters. The van der Waals surface area contributed by atoms with Gasteiger partial charge in [0, 0.05) is 0 Å². The molecule has 0 amide bonds. The number of benzene rings is 1. The normalized spacial score (nSPS) is 10.5. The SMILES string of the molecule is Cc1oc(COc2c(Cl)cccc2Cl)cc1C(=O)O. The second kappa shape index (κ2) is 5.55. The van der Waals surface area contributed by atoms with Crippen LogP contribution < -0.4 is 4.74 Å². The standard InChI is InChI=1S/C13H10Cl2O4/c1-7-9(13(16)17)5-8(19-7)6-18-12-10(14)3-2-4-11(12)15/h2-5H,6H2,1H3,(H,16,17). The van der Waals surface area contributed by atoms with Crippen molar-refractivity contribution in [2.45, 2.75) is 13.5 Å². The van der Waals surface area contributed by atoms with Gasteiger partial charge in [0.25, 0.3) is 0 Å². The number of ether oxygens (including phenoxy) is 1. The maximum absolute atomic E-state index is 10.9. The highest BCUT2D eigenvalue weighted by molar-refractivity contribution is 6.37. The van der Waals surface area contributed by atoms with Crippen molar-refractivity contribution in [3.63, 3.8) is 0 Å². The third-order valence-corrected chi connectivity index (χ3v) is 3.07. The van der Waals surface area contributed by atoms with Crippen LogP contribution in [-0.4, -0.2) is 11.1 Å². The minimum absolute atomic E-state index is 0.0531. The van der Waals surface area contributed by atoms with Crippen LogP contribution in [0.1, 0.15) is 21.9 Å². The number of carbonyl (C=O) groups is 1. The summed E-state index contributed by atoms with van der Waals surface area (Å²) in [5.74, 6) is 0.0299. The maximum Gasteiger partial charge on any atom is 0.339 e. The van der Waals surface area contributed by atoms with Gasteiger partial charge in [-0.15, -0.1) is 0 Å². The number of para-hydroxylation sites is 1. The van der Waals surface area contributed by atoms with Crippen LogP contribution in [0.25, 0.3) is 0 Å². The van der Waals surface area contributed by atoms with Gasteiger partial charge in [0.2, 0.25) is 0 Å². The molecule has 100 valence electrons. The lowest BCUT2D eigenvalue weighted by Gasteiger charge is -2.07. The molecule has 0 spiro atoms. The molecule has 2 rings (SSSR count). The second-order valence-electron chi connectivity index (χ2n) is 3.83. The summed E-state index contributed by atoms with van der Waals surface area (Å²) in [4.78, 5) is 10.9. The van der Waals surface area contributed by atoms with Crippen LogP contribution in [0.15, 0.2) is 28.7 Å². The number of aromatic carboxylic acids is 1. The van der Waals surface area contributed by atoms with Crippen molar-refractivity contribution in [1.82, 2.24) is 0 Å². The van der Waals surface area contributed by atoms with Crippen molar-refractivity contribution in [3.8, 4) is 5.75 Å². The summed E-state index contributed by atoms with van der Waals surface area (Å²) in [6, 6.07) is 6.43. The second-order valence-corrected chi connectivity index (χ2v) is 4.64. The number of aryl methyl sites for hydroxylation is 1. The third kappa shape index (κ3) is 3.03. The van der Waals surface area contributed by atoms with Gasteiger partial charge in [-0.25, -0.2) is 4.79 Å². The maximum atomic E-state index is 10.9. The van der Waals surface area contributed by atoms with E-state index in [4.69, 9.17) is 37.5 Å². The van der Waals surface area contributed by atoms with E-state index in [-0.39, 0.29) is 12.2 Å². The minimum Gasteiger partial charge on any atom is -0.483 e. The molecule has 0 bridgehead atoms. The van der Waals surface area contributed by atoms with Gasteiger partial charge in [-0.2, -0.15) is 0 Å². The van der Waals surface area contributed by atoms with Crippen LogP contribution in [0.2, 0.25) is 10.0 Å². The number of hydrogen-bond donors (Lipinski definition) is 1. The Bertz CT molecular complexity index is 599. The van der Waals surface area contributed by atoms with Gasteiger partial charge in [0.15, 0.2) is 5.75 Å². The molecule has 0 fully saturated rings. The molecule has 0 aliphatic carbocycles. The van der Waals surface area contributed by atoms with Gasteiger partial charge in [-0.3, -0.25) is 0 Å². The molecule has 0 aliphatic rings. The molecule has 2 aromatic rings. The van der Waals surface area contributed by atoms with Gasteiger partial charge in [-0.1, -0.05) is 29.3 Å². The van der Waals surface area contributed by atoms with Crippen molar-refractivity contribution >= 4 is 29.2 Å². The number of hydrogen-bond acceptors (Lipinski definition) is 3. The van der Waals surface area contributed by atoms with E-state index in [0.717, 1.165) is 0 Å². The highest BCUT2D eigenvalue weighted by Gasteiger charge is 2.15. The Morgan fingerprint density at radius 1 is 1.37 bits per heavy atom. The first-order chi connectivity index (χ1) is 8.99. The highest BCUT2D eigenvalue weighted by Crippen LogP contribution is 2.33. The Kier molecular flexibility index (Phi) is 4.02. The molecular formula is C13H10Cl2O4. The van der Waals surface area contributed by atoms with Gasteiger partial charge >= 0.3 is 5.97 Å². The first kappa shape index (κ1) is 13.8. The summed E-state index contributed by atoms with van der Waals surface area (Å²) in [7, 11) is 0. The van der Waals surface area contributed by atoms with Crippen molar-refractivity contribution in [3.05, 3.63) is 51.4 Å². The number of carboxylic acid groups (broad SMARTS) is 1. The lowest BCUT2D eigenvalue weighted by molar-refractivity contribution is 0.0695. The fourth-order valence-electron chi connectivity index (χ4n) is 1.59. The molecule has 1 aromatic carbocycles. The topological polar surface area (TPSA) is 59.7 Å². The van der Waals surface area contributed by atoms with Gasteiger partial charge in [0.1, 0.15) is 23.7 Å². The van der Waals surface area contributed by atoms with Crippen LogP contribution in [0.3, 0.4) is 0 Å². The van der Waals surface area contributed by atoms with Crippen LogP contribution in [0.4, 0.5) is 0 Å². The molecule has 0 atom stereocenters. The number of rotatable bonds is 4. The van der Waals surface area contributed by atoms with E-state index in [1.54, 1.807) is 25.1 Å². The van der Waals surface area contributed by atoms with Crippen molar-refractivity contribution in [2.75, 3.05) is 0 Å². The summed E-state index contributed by atoms with van der Waals surface area (Å²) in [6.45, 7) is 1.63. The van der Waals surface area contributed by atoms with Gasteiger partial charge < -0.3 is 14.3 Å². The minimum atomic E-state index is -1.04. The summed E-state index contributed by atoms with van der Waals surface area (Å²) in [6.07, 6.45) is 0. The van der Waals surface area contributed by atoms with Crippen molar-refractivity contribution < 1.29 is 19.1 Å². The van der Waals surface area contributed by atoms with Crippen LogP contribution in [0, 0.1) is 6.92 Å². The number of halogens is 2. The highest BCUT2D eigenvalue weighted by atomic mass is 35.5. The van der Waals surface area contributed by atoms with E-state index in [9.17, 15) is 4.79 Å². The van der Waals surface area contributed by atoms with Crippen molar-refractivity contribution in [2.24, 2.45) is 0 Å². The Labute approximate surface area is 119 Å². The predicted molar refractivity (Wildman–Crippen MR) is 71.2 cm³/mol. The summed E-state index contributed by atoms with van der Waals surface area (Å²) < 4.78 is 10.7. The van der Waals surface area contributed by atoms with E-state index in [2.05, 4.69) is 0 Å². The summed E-state index contributed by atoms with van der Waals surface area (Å²) >= 11 is 11.9. The Morgan fingerprint density at radius 2 is 2.00 bits per heavy atom. The van der Waals surface area contributed by atoms with E-state index < -0.39 is 5.97 Å².